The molecule has 0 saturated carbocycles. The van der Waals surface area contributed by atoms with Gasteiger partial charge in [-0.25, -0.2) is 0 Å². The molecule has 1 nitrogen and oxygen atoms in total. The Labute approximate surface area is 134 Å². The number of hydrogen-bond donors (Lipinski definition) is 1. The van der Waals surface area contributed by atoms with Crippen LogP contribution >= 0.6 is 35.0 Å². The third-order valence-electron chi connectivity index (χ3n) is 3.16. The maximum atomic E-state index is 6.18. The van der Waals surface area contributed by atoms with E-state index < -0.39 is 0 Å². The molecular weight excluding hydrogens is 309 g/mol. The average Bonchev–Trinajstić information content (AvgIpc) is 2.46. The maximum absolute atomic E-state index is 6.18. The van der Waals surface area contributed by atoms with E-state index in [2.05, 4.69) is 36.5 Å². The highest BCUT2D eigenvalue weighted by Gasteiger charge is 2.07. The Bertz CT molecular complexity index is 565. The molecule has 0 aliphatic rings. The van der Waals surface area contributed by atoms with Crippen LogP contribution in [-0.4, -0.2) is 7.05 Å². The molecule has 2 aromatic carbocycles. The molecule has 2 rings (SSSR count). The summed E-state index contributed by atoms with van der Waals surface area (Å²) in [5.41, 5.74) is 1.30. The highest BCUT2D eigenvalue weighted by molar-refractivity contribution is 7.99. The summed E-state index contributed by atoms with van der Waals surface area (Å²) < 4.78 is 0. The molecule has 20 heavy (non-hydrogen) atoms. The zero-order valence-corrected chi connectivity index (χ0v) is 13.8. The van der Waals surface area contributed by atoms with Crippen LogP contribution in [0.1, 0.15) is 24.9 Å². The van der Waals surface area contributed by atoms with Crippen molar-refractivity contribution in [1.29, 1.82) is 0 Å². The monoisotopic (exact) mass is 325 g/mol. The zero-order valence-electron chi connectivity index (χ0n) is 11.5. The van der Waals surface area contributed by atoms with Gasteiger partial charge in [0.25, 0.3) is 0 Å². The molecule has 0 bridgehead atoms. The Morgan fingerprint density at radius 2 is 1.80 bits per heavy atom. The van der Waals surface area contributed by atoms with Gasteiger partial charge in [-0.2, -0.15) is 0 Å². The number of benzene rings is 2. The van der Waals surface area contributed by atoms with Crippen LogP contribution in [0, 0.1) is 0 Å². The van der Waals surface area contributed by atoms with E-state index >= 15 is 0 Å². The first-order valence-corrected chi connectivity index (χ1v) is 8.11. The maximum Gasteiger partial charge on any atom is 0.0546 e. The molecule has 0 radical (unpaired) electrons. The molecule has 0 fully saturated rings. The molecule has 0 heterocycles. The van der Waals surface area contributed by atoms with Gasteiger partial charge in [-0.15, -0.1) is 0 Å². The summed E-state index contributed by atoms with van der Waals surface area (Å²) in [5.74, 6) is 0. The van der Waals surface area contributed by atoms with Crippen molar-refractivity contribution in [3.8, 4) is 0 Å². The number of nitrogens with one attached hydrogen (secondary N) is 1. The minimum atomic E-state index is 0.406. The molecule has 4 heteroatoms. The second kappa shape index (κ2) is 7.37. The SMILES string of the molecule is CCC(NC)c1ccc(Sc2cc(Cl)ccc2Cl)cc1. The van der Waals surface area contributed by atoms with Crippen molar-refractivity contribution in [3.05, 3.63) is 58.1 Å². The van der Waals surface area contributed by atoms with Crippen LogP contribution < -0.4 is 5.32 Å². The Balaban J connectivity index is 2.16. The summed E-state index contributed by atoms with van der Waals surface area (Å²) in [6.45, 7) is 2.18. The quantitative estimate of drug-likeness (QED) is 0.743. The number of halogens is 2. The van der Waals surface area contributed by atoms with Crippen molar-refractivity contribution in [2.24, 2.45) is 0 Å². The van der Waals surface area contributed by atoms with E-state index in [-0.39, 0.29) is 0 Å². The topological polar surface area (TPSA) is 12.0 Å². The third kappa shape index (κ3) is 3.92. The van der Waals surface area contributed by atoms with Crippen molar-refractivity contribution < 1.29 is 0 Å². The van der Waals surface area contributed by atoms with Crippen molar-refractivity contribution in [2.45, 2.75) is 29.2 Å². The normalized spacial score (nSPS) is 12.4. The molecule has 2 aromatic rings. The van der Waals surface area contributed by atoms with E-state index in [1.165, 1.54) is 5.56 Å². The van der Waals surface area contributed by atoms with Gasteiger partial charge in [-0.3, -0.25) is 0 Å². The van der Waals surface area contributed by atoms with Crippen molar-refractivity contribution in [2.75, 3.05) is 7.05 Å². The van der Waals surface area contributed by atoms with Gasteiger partial charge in [0.05, 0.1) is 5.02 Å². The minimum Gasteiger partial charge on any atom is -0.313 e. The summed E-state index contributed by atoms with van der Waals surface area (Å²) in [5, 5.41) is 4.74. The van der Waals surface area contributed by atoms with Gasteiger partial charge in [-0.05, 0) is 49.4 Å². The fraction of sp³-hybridized carbons (Fsp3) is 0.250. The largest absolute Gasteiger partial charge is 0.313 e. The summed E-state index contributed by atoms with van der Waals surface area (Å²) in [6.07, 6.45) is 1.07. The Kier molecular flexibility index (Phi) is 5.79. The van der Waals surface area contributed by atoms with Gasteiger partial charge in [0.1, 0.15) is 0 Å². The van der Waals surface area contributed by atoms with Crippen molar-refractivity contribution in [1.82, 2.24) is 5.32 Å². The van der Waals surface area contributed by atoms with Gasteiger partial charge in [0.15, 0.2) is 0 Å². The van der Waals surface area contributed by atoms with Crippen molar-refractivity contribution >= 4 is 35.0 Å². The first-order chi connectivity index (χ1) is 9.63. The predicted octanol–water partition coefficient (Wildman–Crippen LogP) is 5.82. The molecule has 0 aliphatic heterocycles. The second-order valence-electron chi connectivity index (χ2n) is 4.50. The highest BCUT2D eigenvalue weighted by atomic mass is 35.5. The minimum absolute atomic E-state index is 0.406. The Hall–Kier alpha value is -0.670. The molecular formula is C16H17Cl2NS. The Morgan fingerprint density at radius 1 is 1.10 bits per heavy atom. The van der Waals surface area contributed by atoms with Gasteiger partial charge in [0, 0.05) is 20.9 Å². The number of rotatable bonds is 5. The summed E-state index contributed by atoms with van der Waals surface area (Å²) in [6, 6.07) is 14.5. The first kappa shape index (κ1) is 15.7. The molecule has 1 atom stereocenters. The second-order valence-corrected chi connectivity index (χ2v) is 6.45. The Morgan fingerprint density at radius 3 is 2.40 bits per heavy atom. The fourth-order valence-corrected chi connectivity index (χ4v) is 3.40. The molecule has 0 spiro atoms. The predicted molar refractivity (Wildman–Crippen MR) is 89.1 cm³/mol. The first-order valence-electron chi connectivity index (χ1n) is 6.54. The van der Waals surface area contributed by atoms with Gasteiger partial charge in [-0.1, -0.05) is 54.0 Å². The van der Waals surface area contributed by atoms with E-state index in [1.54, 1.807) is 17.8 Å². The van der Waals surface area contributed by atoms with E-state index in [1.807, 2.05) is 19.2 Å². The molecule has 0 saturated heterocycles. The van der Waals surface area contributed by atoms with Crippen LogP contribution in [0.4, 0.5) is 0 Å². The fourth-order valence-electron chi connectivity index (χ4n) is 2.06. The summed E-state index contributed by atoms with van der Waals surface area (Å²) in [4.78, 5) is 2.14. The lowest BCUT2D eigenvalue weighted by Gasteiger charge is -2.14. The zero-order chi connectivity index (χ0) is 14.5. The lowest BCUT2D eigenvalue weighted by molar-refractivity contribution is 0.576. The van der Waals surface area contributed by atoms with E-state index in [0.717, 1.165) is 21.2 Å². The summed E-state index contributed by atoms with van der Waals surface area (Å²) >= 11 is 13.8. The summed E-state index contributed by atoms with van der Waals surface area (Å²) in [7, 11) is 1.99. The molecule has 1 N–H and O–H groups in total. The number of hydrogen-bond acceptors (Lipinski definition) is 2. The molecule has 0 aromatic heterocycles. The lowest BCUT2D eigenvalue weighted by Crippen LogP contribution is -2.14. The van der Waals surface area contributed by atoms with Gasteiger partial charge in [0.2, 0.25) is 0 Å². The van der Waals surface area contributed by atoms with Crippen LogP contribution in [0.25, 0.3) is 0 Å². The third-order valence-corrected chi connectivity index (χ3v) is 4.90. The molecule has 0 aliphatic carbocycles. The smallest absolute Gasteiger partial charge is 0.0546 e. The van der Waals surface area contributed by atoms with Crippen LogP contribution in [0.15, 0.2) is 52.3 Å². The van der Waals surface area contributed by atoms with E-state index in [9.17, 15) is 0 Å². The van der Waals surface area contributed by atoms with E-state index in [4.69, 9.17) is 23.2 Å². The lowest BCUT2D eigenvalue weighted by atomic mass is 10.1. The van der Waals surface area contributed by atoms with Gasteiger partial charge < -0.3 is 5.32 Å². The van der Waals surface area contributed by atoms with Crippen LogP contribution in [-0.2, 0) is 0 Å². The van der Waals surface area contributed by atoms with Gasteiger partial charge >= 0.3 is 0 Å². The van der Waals surface area contributed by atoms with Crippen LogP contribution in [0.5, 0.6) is 0 Å². The molecule has 1 unspecified atom stereocenters. The molecule has 106 valence electrons. The standard InChI is InChI=1S/C16H17Cl2NS/c1-3-15(19-2)11-4-7-13(8-5-11)20-16-10-12(17)6-9-14(16)18/h4-10,15,19H,3H2,1-2H3. The average molecular weight is 326 g/mol. The van der Waals surface area contributed by atoms with Crippen LogP contribution in [0.2, 0.25) is 10.0 Å². The highest BCUT2D eigenvalue weighted by Crippen LogP contribution is 2.35. The van der Waals surface area contributed by atoms with Crippen molar-refractivity contribution in [3.63, 3.8) is 0 Å². The van der Waals surface area contributed by atoms with Crippen LogP contribution in [0.3, 0.4) is 0 Å². The van der Waals surface area contributed by atoms with E-state index in [0.29, 0.717) is 11.1 Å². The molecule has 0 amide bonds.